The Labute approximate surface area is 107 Å². The first-order chi connectivity index (χ1) is 8.47. The van der Waals surface area contributed by atoms with Crippen molar-refractivity contribution in [2.45, 2.75) is 6.92 Å². The molecule has 7 heteroatoms. The zero-order valence-corrected chi connectivity index (χ0v) is 10.3. The second-order valence-electron chi connectivity index (χ2n) is 3.70. The van der Waals surface area contributed by atoms with E-state index in [0.717, 1.165) is 11.8 Å². The van der Waals surface area contributed by atoms with E-state index in [9.17, 15) is 9.18 Å². The Morgan fingerprint density at radius 2 is 2.22 bits per heavy atom. The van der Waals surface area contributed by atoms with Gasteiger partial charge in [0, 0.05) is 11.1 Å². The second kappa shape index (κ2) is 4.61. The third-order valence-electron chi connectivity index (χ3n) is 2.27. The first-order valence-corrected chi connectivity index (χ1v) is 5.93. The number of anilines is 3. The Balaban J connectivity index is 2.38. The molecule has 0 aliphatic carbocycles. The average Bonchev–Trinajstić information content (AvgIpc) is 2.67. The maximum absolute atomic E-state index is 13.7. The minimum absolute atomic E-state index is 0.0147. The minimum Gasteiger partial charge on any atom is -0.398 e. The van der Waals surface area contributed by atoms with E-state index in [1.54, 1.807) is 0 Å². The molecule has 0 unspecified atom stereocenters. The van der Waals surface area contributed by atoms with E-state index in [-0.39, 0.29) is 16.9 Å². The van der Waals surface area contributed by atoms with E-state index in [1.807, 2.05) is 12.3 Å². The fourth-order valence-corrected chi connectivity index (χ4v) is 2.12. The van der Waals surface area contributed by atoms with Crippen LogP contribution in [0.15, 0.2) is 17.5 Å². The number of hydrogen-bond acceptors (Lipinski definition) is 5. The highest BCUT2D eigenvalue weighted by molar-refractivity contribution is 7.13. The number of amides is 1. The van der Waals surface area contributed by atoms with Gasteiger partial charge in [0.05, 0.1) is 16.9 Å². The predicted octanol–water partition coefficient (Wildman–Crippen LogP) is 2.02. The van der Waals surface area contributed by atoms with Crippen LogP contribution in [0.5, 0.6) is 0 Å². The molecular formula is C11H11FN4OS. The van der Waals surface area contributed by atoms with Crippen LogP contribution in [0.1, 0.15) is 16.1 Å². The van der Waals surface area contributed by atoms with Crippen LogP contribution in [0.3, 0.4) is 0 Å². The summed E-state index contributed by atoms with van der Waals surface area (Å²) in [5.41, 5.74) is 11.7. The van der Waals surface area contributed by atoms with Crippen molar-refractivity contribution in [1.82, 2.24) is 4.98 Å². The number of primary amides is 1. The summed E-state index contributed by atoms with van der Waals surface area (Å²) in [6.07, 6.45) is 0. The number of nitrogen functional groups attached to an aromatic ring is 1. The van der Waals surface area contributed by atoms with Gasteiger partial charge in [0.25, 0.3) is 5.91 Å². The number of nitrogens with two attached hydrogens (primary N) is 2. The van der Waals surface area contributed by atoms with Gasteiger partial charge in [0.2, 0.25) is 0 Å². The van der Waals surface area contributed by atoms with Crippen molar-refractivity contribution in [2.75, 3.05) is 11.1 Å². The number of carbonyl (C=O) groups is 1. The van der Waals surface area contributed by atoms with E-state index < -0.39 is 11.7 Å². The molecular weight excluding hydrogens is 255 g/mol. The first kappa shape index (κ1) is 12.3. The molecule has 1 aromatic heterocycles. The highest BCUT2D eigenvalue weighted by atomic mass is 32.1. The number of aromatic nitrogens is 1. The van der Waals surface area contributed by atoms with Crippen LogP contribution in [-0.2, 0) is 0 Å². The molecule has 0 aliphatic heterocycles. The first-order valence-electron chi connectivity index (χ1n) is 5.05. The number of hydrogen-bond donors (Lipinski definition) is 3. The van der Waals surface area contributed by atoms with Crippen molar-refractivity contribution in [2.24, 2.45) is 5.73 Å². The fraction of sp³-hybridized carbons (Fsp3) is 0.0909. The zero-order valence-electron chi connectivity index (χ0n) is 9.53. The smallest absolute Gasteiger partial charge is 0.250 e. The summed E-state index contributed by atoms with van der Waals surface area (Å²) in [5, 5.41) is 5.14. The van der Waals surface area contributed by atoms with Crippen molar-refractivity contribution in [3.05, 3.63) is 34.6 Å². The molecule has 5 nitrogen and oxygen atoms in total. The maximum Gasteiger partial charge on any atom is 0.250 e. The molecule has 0 bridgehead atoms. The monoisotopic (exact) mass is 266 g/mol. The summed E-state index contributed by atoms with van der Waals surface area (Å²) in [4.78, 5) is 15.3. The third kappa shape index (κ3) is 2.40. The molecule has 0 radical (unpaired) electrons. The summed E-state index contributed by atoms with van der Waals surface area (Å²) in [6, 6.07) is 2.34. The van der Waals surface area contributed by atoms with Gasteiger partial charge >= 0.3 is 0 Å². The zero-order chi connectivity index (χ0) is 13.3. The predicted molar refractivity (Wildman–Crippen MR) is 69.5 cm³/mol. The lowest BCUT2D eigenvalue weighted by atomic mass is 10.1. The molecule has 0 saturated carbocycles. The normalized spacial score (nSPS) is 10.3. The molecule has 2 aromatic rings. The van der Waals surface area contributed by atoms with Crippen LogP contribution in [0.25, 0.3) is 0 Å². The van der Waals surface area contributed by atoms with Crippen molar-refractivity contribution in [1.29, 1.82) is 0 Å². The third-order valence-corrected chi connectivity index (χ3v) is 3.14. The Bertz CT molecular complexity index is 611. The Hall–Kier alpha value is -2.15. The Kier molecular flexibility index (Phi) is 3.15. The van der Waals surface area contributed by atoms with Crippen LogP contribution < -0.4 is 16.8 Å². The largest absolute Gasteiger partial charge is 0.398 e. The fourth-order valence-electron chi connectivity index (χ4n) is 1.42. The van der Waals surface area contributed by atoms with Gasteiger partial charge in [0.1, 0.15) is 5.82 Å². The molecule has 0 atom stereocenters. The van der Waals surface area contributed by atoms with Gasteiger partial charge < -0.3 is 16.8 Å². The van der Waals surface area contributed by atoms with Gasteiger partial charge in [-0.3, -0.25) is 4.79 Å². The van der Waals surface area contributed by atoms with Crippen LogP contribution in [0, 0.1) is 12.7 Å². The van der Waals surface area contributed by atoms with E-state index >= 15 is 0 Å². The number of carbonyl (C=O) groups excluding carboxylic acids is 1. The second-order valence-corrected chi connectivity index (χ2v) is 4.56. The highest BCUT2D eigenvalue weighted by Gasteiger charge is 2.12. The summed E-state index contributed by atoms with van der Waals surface area (Å²) in [7, 11) is 0. The summed E-state index contributed by atoms with van der Waals surface area (Å²) in [5.74, 6) is -1.27. The standard InChI is InChI=1S/C11H11FN4OS/c1-5-4-18-11(15-5)16-9-2-6(10(14)17)8(13)3-7(9)12/h2-4H,13H2,1H3,(H2,14,17)(H,15,16). The van der Waals surface area contributed by atoms with Gasteiger partial charge in [0.15, 0.2) is 5.13 Å². The number of halogens is 1. The van der Waals surface area contributed by atoms with E-state index in [0.29, 0.717) is 5.13 Å². The summed E-state index contributed by atoms with van der Waals surface area (Å²) >= 11 is 1.34. The van der Waals surface area contributed by atoms with Crippen molar-refractivity contribution in [3.63, 3.8) is 0 Å². The summed E-state index contributed by atoms with van der Waals surface area (Å²) in [6.45, 7) is 1.83. The summed E-state index contributed by atoms with van der Waals surface area (Å²) < 4.78 is 13.7. The number of rotatable bonds is 3. The molecule has 18 heavy (non-hydrogen) atoms. The molecule has 94 valence electrons. The lowest BCUT2D eigenvalue weighted by Crippen LogP contribution is -2.14. The van der Waals surface area contributed by atoms with E-state index in [2.05, 4.69) is 10.3 Å². The number of nitrogens with one attached hydrogen (secondary N) is 1. The molecule has 1 heterocycles. The van der Waals surface area contributed by atoms with Gasteiger partial charge in [-0.05, 0) is 19.1 Å². The molecule has 0 fully saturated rings. The minimum atomic E-state index is -0.703. The van der Waals surface area contributed by atoms with E-state index in [1.165, 1.54) is 17.4 Å². The lowest BCUT2D eigenvalue weighted by Gasteiger charge is -2.08. The quantitative estimate of drug-likeness (QED) is 0.741. The van der Waals surface area contributed by atoms with Gasteiger partial charge in [-0.15, -0.1) is 11.3 Å². The number of benzene rings is 1. The van der Waals surface area contributed by atoms with Crippen LogP contribution in [0.2, 0.25) is 0 Å². The molecule has 2 rings (SSSR count). The van der Waals surface area contributed by atoms with Crippen LogP contribution >= 0.6 is 11.3 Å². The molecule has 0 saturated heterocycles. The van der Waals surface area contributed by atoms with Crippen molar-refractivity contribution >= 4 is 33.8 Å². The molecule has 0 aliphatic rings. The number of aryl methyl sites for hydroxylation is 1. The highest BCUT2D eigenvalue weighted by Crippen LogP contribution is 2.26. The lowest BCUT2D eigenvalue weighted by molar-refractivity contribution is 0.100. The molecule has 0 spiro atoms. The van der Waals surface area contributed by atoms with Gasteiger partial charge in [-0.1, -0.05) is 0 Å². The topological polar surface area (TPSA) is 94.0 Å². The molecule has 5 N–H and O–H groups in total. The molecule has 1 aromatic carbocycles. The average molecular weight is 266 g/mol. The number of thiazole rings is 1. The van der Waals surface area contributed by atoms with Gasteiger partial charge in [-0.25, -0.2) is 9.37 Å². The van der Waals surface area contributed by atoms with E-state index in [4.69, 9.17) is 11.5 Å². The van der Waals surface area contributed by atoms with Crippen molar-refractivity contribution in [3.8, 4) is 0 Å². The Morgan fingerprint density at radius 1 is 1.50 bits per heavy atom. The van der Waals surface area contributed by atoms with Crippen LogP contribution in [-0.4, -0.2) is 10.9 Å². The SMILES string of the molecule is Cc1csc(Nc2cc(C(N)=O)c(N)cc2F)n1. The van der Waals surface area contributed by atoms with Gasteiger partial charge in [-0.2, -0.15) is 0 Å². The number of nitrogens with zero attached hydrogens (tertiary/aromatic N) is 1. The Morgan fingerprint density at radius 3 is 2.78 bits per heavy atom. The maximum atomic E-state index is 13.7. The van der Waals surface area contributed by atoms with Crippen molar-refractivity contribution < 1.29 is 9.18 Å². The molecule has 1 amide bonds. The van der Waals surface area contributed by atoms with Crippen LogP contribution in [0.4, 0.5) is 20.9 Å².